The van der Waals surface area contributed by atoms with E-state index in [1.807, 2.05) is 29.5 Å². The largest absolute Gasteiger partial charge is 0.208 e. The van der Waals surface area contributed by atoms with Crippen molar-refractivity contribution in [2.45, 2.75) is 57.2 Å². The topological polar surface area (TPSA) is 62.5 Å². The summed E-state index contributed by atoms with van der Waals surface area (Å²) < 4.78 is 2.43. The van der Waals surface area contributed by atoms with Crippen molar-refractivity contribution < 1.29 is 0 Å². The Hall–Kier alpha value is -5.74. The monoisotopic (exact) mass is 796 g/mol. The van der Waals surface area contributed by atoms with E-state index in [0.717, 1.165) is 34.1 Å². The van der Waals surface area contributed by atoms with Crippen LogP contribution < -0.4 is 5.19 Å². The highest BCUT2D eigenvalue weighted by atomic mass is 32.1. The van der Waals surface area contributed by atoms with Crippen LogP contribution in [0.4, 0.5) is 0 Å². The first-order valence-corrected chi connectivity index (χ1v) is 25.7. The lowest BCUT2D eigenvalue weighted by molar-refractivity contribution is -0.0400. The van der Waals surface area contributed by atoms with Gasteiger partial charge in [0.1, 0.15) is 0 Å². The van der Waals surface area contributed by atoms with Gasteiger partial charge in [-0.2, -0.15) is 5.26 Å². The molecular formula is C53H44N4SSi. The fraction of sp³-hybridized carbons (Fsp3) is 0.245. The molecule has 0 atom stereocenters. The zero-order chi connectivity index (χ0) is 39.6. The SMILES string of the molecule is C[Si](C)(C)c1cccc(-c2nc(-c3ccccc3)nc(-c3cccc4c3sc3cccc(-c5ccc6c(c5)-c5cccc(C#N)c5C65C6CC7CC(C6)CC5C7)c34)n2)c1. The first-order chi connectivity index (χ1) is 28.8. The van der Waals surface area contributed by atoms with E-state index in [-0.39, 0.29) is 5.41 Å². The maximum Gasteiger partial charge on any atom is 0.165 e. The standard InChI is InChI=1S/C53H44N4SSi/c1-59(2,3)39-15-7-13-35(28-39)51-55-50(33-11-5-4-6-12-33)56-52(57-51)43-19-9-18-42-47-40(16-10-20-46(47)58-49(42)43)34-21-22-45-44(29-34)41-17-8-14-36(30-54)48(41)53(45)37-24-31-23-32(26-37)27-38(53)25-31/h4-22,28-29,31-32,37-38H,23-27H2,1-3H3. The Morgan fingerprint density at radius 3 is 2.02 bits per heavy atom. The molecule has 0 N–H and O–H groups in total. The van der Waals surface area contributed by atoms with Gasteiger partial charge >= 0.3 is 0 Å². The molecule has 0 radical (unpaired) electrons. The molecule has 4 saturated carbocycles. The van der Waals surface area contributed by atoms with E-state index in [0.29, 0.717) is 29.3 Å². The Kier molecular flexibility index (Phi) is 7.69. The Labute approximate surface area is 350 Å². The van der Waals surface area contributed by atoms with E-state index in [2.05, 4.69) is 135 Å². The number of hydrogen-bond acceptors (Lipinski definition) is 5. The minimum absolute atomic E-state index is 0.0447. The maximum atomic E-state index is 10.6. The van der Waals surface area contributed by atoms with Gasteiger partial charge in [-0.1, -0.05) is 128 Å². The van der Waals surface area contributed by atoms with Crippen molar-refractivity contribution in [1.82, 2.24) is 15.0 Å². The predicted octanol–water partition coefficient (Wildman–Crippen LogP) is 13.0. The van der Waals surface area contributed by atoms with E-state index >= 15 is 0 Å². The van der Waals surface area contributed by atoms with Crippen molar-refractivity contribution in [3.8, 4) is 62.5 Å². The van der Waals surface area contributed by atoms with Crippen LogP contribution in [0.3, 0.4) is 0 Å². The van der Waals surface area contributed by atoms with Crippen LogP contribution in [-0.2, 0) is 5.41 Å². The summed E-state index contributed by atoms with van der Waals surface area (Å²) in [4.78, 5) is 15.5. The number of hydrogen-bond donors (Lipinski definition) is 0. The molecule has 4 bridgehead atoms. The summed E-state index contributed by atoms with van der Waals surface area (Å²) in [5.41, 5.74) is 11.8. The minimum atomic E-state index is -1.57. The summed E-state index contributed by atoms with van der Waals surface area (Å²) in [5, 5.41) is 14.4. The lowest BCUT2D eigenvalue weighted by atomic mass is 9.43. The number of aromatic nitrogens is 3. The van der Waals surface area contributed by atoms with Gasteiger partial charge in [0.25, 0.3) is 0 Å². The number of thiophene rings is 1. The molecule has 1 spiro atoms. The molecule has 0 amide bonds. The van der Waals surface area contributed by atoms with E-state index < -0.39 is 8.07 Å². The second-order valence-corrected chi connectivity index (χ2v) is 24.9. The van der Waals surface area contributed by atoms with Gasteiger partial charge in [-0.15, -0.1) is 11.3 Å². The summed E-state index contributed by atoms with van der Waals surface area (Å²) in [6, 6.07) is 48.9. The van der Waals surface area contributed by atoms with Gasteiger partial charge in [-0.3, -0.25) is 0 Å². The van der Waals surface area contributed by atoms with Crippen LogP contribution in [0.25, 0.3) is 76.6 Å². The molecule has 0 aliphatic heterocycles. The highest BCUT2D eigenvalue weighted by Crippen LogP contribution is 2.70. The Bertz CT molecular complexity index is 3050. The third-order valence-electron chi connectivity index (χ3n) is 14.5. The molecule has 8 aromatic rings. The van der Waals surface area contributed by atoms with Gasteiger partial charge in [-0.05, 0) is 113 Å². The van der Waals surface area contributed by atoms with Crippen molar-refractivity contribution in [3.63, 3.8) is 0 Å². The summed E-state index contributed by atoms with van der Waals surface area (Å²) in [6.45, 7) is 7.13. The molecule has 6 aromatic carbocycles. The Morgan fingerprint density at radius 1 is 0.593 bits per heavy atom. The molecule has 286 valence electrons. The summed E-state index contributed by atoms with van der Waals surface area (Å²) in [7, 11) is -1.57. The smallest absolute Gasteiger partial charge is 0.165 e. The summed E-state index contributed by atoms with van der Waals surface area (Å²) in [5.74, 6) is 5.01. The van der Waals surface area contributed by atoms with E-state index in [9.17, 15) is 5.26 Å². The highest BCUT2D eigenvalue weighted by molar-refractivity contribution is 7.26. The molecule has 5 aliphatic rings. The summed E-state index contributed by atoms with van der Waals surface area (Å²) in [6.07, 6.45) is 6.62. The fourth-order valence-corrected chi connectivity index (χ4v) is 14.7. The van der Waals surface area contributed by atoms with Crippen LogP contribution in [0.5, 0.6) is 0 Å². The lowest BCUT2D eigenvalue weighted by Gasteiger charge is -2.61. The lowest BCUT2D eigenvalue weighted by Crippen LogP contribution is -2.55. The van der Waals surface area contributed by atoms with Gasteiger partial charge < -0.3 is 0 Å². The van der Waals surface area contributed by atoms with Crippen LogP contribution in [-0.4, -0.2) is 23.0 Å². The number of fused-ring (bicyclic) bond motifs is 6. The Morgan fingerprint density at radius 2 is 1.25 bits per heavy atom. The second kappa shape index (κ2) is 12.9. The molecule has 13 rings (SSSR count). The fourth-order valence-electron chi connectivity index (χ4n) is 12.3. The number of nitriles is 1. The van der Waals surface area contributed by atoms with Crippen molar-refractivity contribution in [2.24, 2.45) is 23.7 Å². The number of benzene rings is 6. The van der Waals surface area contributed by atoms with Crippen LogP contribution in [0, 0.1) is 35.0 Å². The van der Waals surface area contributed by atoms with Gasteiger partial charge in [0.05, 0.1) is 19.7 Å². The normalized spacial score (nSPS) is 22.5. The quantitative estimate of drug-likeness (QED) is 0.163. The van der Waals surface area contributed by atoms with Crippen LogP contribution in [0.1, 0.15) is 48.8 Å². The first kappa shape index (κ1) is 35.2. The molecule has 0 saturated heterocycles. The van der Waals surface area contributed by atoms with Gasteiger partial charge in [-0.25, -0.2) is 15.0 Å². The molecule has 4 nitrogen and oxygen atoms in total. The van der Waals surface area contributed by atoms with Crippen molar-refractivity contribution >= 4 is 44.8 Å². The first-order valence-electron chi connectivity index (χ1n) is 21.3. The van der Waals surface area contributed by atoms with Crippen molar-refractivity contribution in [1.29, 1.82) is 5.26 Å². The third kappa shape index (κ3) is 5.20. The molecule has 2 heterocycles. The van der Waals surface area contributed by atoms with Crippen molar-refractivity contribution in [2.75, 3.05) is 0 Å². The van der Waals surface area contributed by atoms with E-state index in [4.69, 9.17) is 15.0 Å². The molecule has 0 unspecified atom stereocenters. The third-order valence-corrected chi connectivity index (χ3v) is 17.8. The zero-order valence-corrected chi connectivity index (χ0v) is 35.5. The van der Waals surface area contributed by atoms with E-state index in [1.54, 1.807) is 0 Å². The molecular weight excluding hydrogens is 753 g/mol. The molecule has 59 heavy (non-hydrogen) atoms. The Balaban J connectivity index is 1.03. The minimum Gasteiger partial charge on any atom is -0.208 e. The van der Waals surface area contributed by atoms with Crippen LogP contribution in [0.2, 0.25) is 19.6 Å². The summed E-state index contributed by atoms with van der Waals surface area (Å²) >= 11 is 1.82. The van der Waals surface area contributed by atoms with Crippen LogP contribution in [0.15, 0.2) is 127 Å². The molecule has 2 aromatic heterocycles. The van der Waals surface area contributed by atoms with Gasteiger partial charge in [0.2, 0.25) is 0 Å². The number of nitrogens with zero attached hydrogens (tertiary/aromatic N) is 4. The molecule has 4 fully saturated rings. The van der Waals surface area contributed by atoms with E-state index in [1.165, 1.54) is 90.8 Å². The average molecular weight is 797 g/mol. The zero-order valence-electron chi connectivity index (χ0n) is 33.7. The van der Waals surface area contributed by atoms with Gasteiger partial charge in [0, 0.05) is 42.3 Å². The van der Waals surface area contributed by atoms with Crippen LogP contribution >= 0.6 is 11.3 Å². The number of rotatable bonds is 5. The van der Waals surface area contributed by atoms with Gasteiger partial charge in [0.15, 0.2) is 17.5 Å². The second-order valence-electron chi connectivity index (χ2n) is 18.7. The molecule has 6 heteroatoms. The average Bonchev–Trinajstić information content (AvgIpc) is 3.79. The predicted molar refractivity (Wildman–Crippen MR) is 245 cm³/mol. The van der Waals surface area contributed by atoms with Crippen molar-refractivity contribution in [3.05, 3.63) is 144 Å². The maximum absolute atomic E-state index is 10.6. The highest BCUT2D eigenvalue weighted by Gasteiger charge is 2.62. The molecule has 5 aliphatic carbocycles.